The Kier molecular flexibility index (Phi) is 5.76. The Morgan fingerprint density at radius 1 is 0.839 bits per heavy atom. The molecule has 0 unspecified atom stereocenters. The molecule has 5 nitrogen and oxygen atoms in total. The van der Waals surface area contributed by atoms with Gasteiger partial charge in [0.05, 0.1) is 11.1 Å². The Morgan fingerprint density at radius 3 is 2.13 bits per heavy atom. The molecule has 0 aliphatic heterocycles. The molecule has 3 aromatic carbocycles. The van der Waals surface area contributed by atoms with Gasteiger partial charge in [-0.3, -0.25) is 4.79 Å². The van der Waals surface area contributed by atoms with Crippen LogP contribution in [0.1, 0.15) is 37.5 Å². The van der Waals surface area contributed by atoms with E-state index in [0.717, 1.165) is 27.6 Å². The van der Waals surface area contributed by atoms with Gasteiger partial charge >= 0.3 is 5.97 Å². The Bertz CT molecular complexity index is 1230. The number of carbonyl (C=O) groups excluding carboxylic acids is 1. The molecule has 0 atom stereocenters. The van der Waals surface area contributed by atoms with E-state index in [1.54, 1.807) is 29.2 Å². The number of nitrogens with zero attached hydrogens (tertiary/aromatic N) is 2. The third kappa shape index (κ3) is 4.61. The first kappa shape index (κ1) is 20.3. The highest BCUT2D eigenvalue weighted by atomic mass is 16.4. The second-order valence-electron chi connectivity index (χ2n) is 7.49. The number of pyridine rings is 1. The summed E-state index contributed by atoms with van der Waals surface area (Å²) in [6.07, 6.45) is 0. The number of amides is 1. The van der Waals surface area contributed by atoms with Crippen LogP contribution in [-0.2, 0) is 13.1 Å². The first-order valence-corrected chi connectivity index (χ1v) is 10.0. The van der Waals surface area contributed by atoms with Crippen LogP contribution in [-0.4, -0.2) is 26.9 Å². The summed E-state index contributed by atoms with van der Waals surface area (Å²) >= 11 is 0. The summed E-state index contributed by atoms with van der Waals surface area (Å²) in [6, 6.07) is 26.0. The molecule has 1 amide bonds. The molecule has 4 aromatic rings. The molecular formula is C26H22N2O3. The van der Waals surface area contributed by atoms with Crippen molar-refractivity contribution >= 4 is 22.8 Å². The number of carbonyl (C=O) groups is 2. The van der Waals surface area contributed by atoms with Gasteiger partial charge in [-0.2, -0.15) is 0 Å². The largest absolute Gasteiger partial charge is 0.478 e. The summed E-state index contributed by atoms with van der Waals surface area (Å²) in [5, 5.41) is 10.2. The maximum absolute atomic E-state index is 13.5. The topological polar surface area (TPSA) is 70.5 Å². The van der Waals surface area contributed by atoms with Crippen molar-refractivity contribution in [2.24, 2.45) is 0 Å². The van der Waals surface area contributed by atoms with Crippen LogP contribution < -0.4 is 0 Å². The number of aromatic carboxylic acids is 1. The number of hydrogen-bond acceptors (Lipinski definition) is 3. The van der Waals surface area contributed by atoms with Crippen molar-refractivity contribution in [1.82, 2.24) is 9.88 Å². The van der Waals surface area contributed by atoms with E-state index in [1.807, 2.05) is 67.6 Å². The van der Waals surface area contributed by atoms with E-state index in [0.29, 0.717) is 18.8 Å². The molecule has 0 aliphatic rings. The predicted molar refractivity (Wildman–Crippen MR) is 120 cm³/mol. The van der Waals surface area contributed by atoms with E-state index in [1.165, 1.54) is 0 Å². The van der Waals surface area contributed by atoms with Gasteiger partial charge in [-0.25, -0.2) is 9.78 Å². The van der Waals surface area contributed by atoms with Gasteiger partial charge in [0.2, 0.25) is 0 Å². The van der Waals surface area contributed by atoms with Gasteiger partial charge in [0.1, 0.15) is 5.69 Å². The average molecular weight is 410 g/mol. The zero-order valence-electron chi connectivity index (χ0n) is 17.2. The van der Waals surface area contributed by atoms with Crippen molar-refractivity contribution in [3.63, 3.8) is 0 Å². The van der Waals surface area contributed by atoms with Crippen LogP contribution >= 0.6 is 0 Å². The smallest absolute Gasteiger partial charge is 0.335 e. The lowest BCUT2D eigenvalue weighted by Gasteiger charge is -2.23. The molecule has 0 radical (unpaired) electrons. The minimum absolute atomic E-state index is 0.167. The lowest BCUT2D eigenvalue weighted by Crippen LogP contribution is -2.31. The van der Waals surface area contributed by atoms with Gasteiger partial charge in [0, 0.05) is 18.5 Å². The van der Waals surface area contributed by atoms with E-state index in [2.05, 4.69) is 4.98 Å². The quantitative estimate of drug-likeness (QED) is 0.481. The summed E-state index contributed by atoms with van der Waals surface area (Å²) in [6.45, 7) is 2.75. The molecule has 5 heteroatoms. The fourth-order valence-electron chi connectivity index (χ4n) is 3.60. The molecule has 0 bridgehead atoms. The summed E-state index contributed by atoms with van der Waals surface area (Å²) < 4.78 is 0. The highest BCUT2D eigenvalue weighted by molar-refractivity contribution is 5.96. The third-order valence-electron chi connectivity index (χ3n) is 5.22. The fraction of sp³-hybridized carbons (Fsp3) is 0.115. The van der Waals surface area contributed by atoms with Crippen LogP contribution in [0.5, 0.6) is 0 Å². The SMILES string of the molecule is Cc1cc(C(=O)N(Cc2ccccc2)Cc2ccc(C(=O)O)cc2)nc2ccccc12. The highest BCUT2D eigenvalue weighted by Gasteiger charge is 2.19. The molecule has 31 heavy (non-hydrogen) atoms. The second kappa shape index (κ2) is 8.79. The standard InChI is InChI=1S/C26H22N2O3/c1-18-15-24(27-23-10-6-5-9-22(18)23)25(29)28(16-19-7-3-2-4-8-19)17-20-11-13-21(14-12-20)26(30)31/h2-15H,16-17H2,1H3,(H,30,31). The predicted octanol–water partition coefficient (Wildman–Crippen LogP) is 5.08. The third-order valence-corrected chi connectivity index (χ3v) is 5.22. The molecule has 154 valence electrons. The van der Waals surface area contributed by atoms with Crippen LogP contribution in [0.15, 0.2) is 84.9 Å². The zero-order chi connectivity index (χ0) is 21.8. The Hall–Kier alpha value is -3.99. The van der Waals surface area contributed by atoms with E-state index in [4.69, 9.17) is 5.11 Å². The van der Waals surface area contributed by atoms with Gasteiger partial charge in [0.25, 0.3) is 5.91 Å². The molecule has 1 N–H and O–H groups in total. The number of benzene rings is 3. The molecule has 4 rings (SSSR count). The molecule has 0 spiro atoms. The number of para-hydroxylation sites is 1. The first-order chi connectivity index (χ1) is 15.0. The molecule has 0 saturated heterocycles. The summed E-state index contributed by atoms with van der Waals surface area (Å²) in [5.74, 6) is -1.14. The second-order valence-corrected chi connectivity index (χ2v) is 7.49. The number of aryl methyl sites for hydroxylation is 1. The van der Waals surface area contributed by atoms with Gasteiger partial charge in [-0.15, -0.1) is 0 Å². The minimum Gasteiger partial charge on any atom is -0.478 e. The number of aromatic nitrogens is 1. The molecule has 0 saturated carbocycles. The molecule has 0 aliphatic carbocycles. The van der Waals surface area contributed by atoms with E-state index in [-0.39, 0.29) is 11.5 Å². The van der Waals surface area contributed by atoms with Crippen LogP contribution in [0.2, 0.25) is 0 Å². The maximum Gasteiger partial charge on any atom is 0.335 e. The fourth-order valence-corrected chi connectivity index (χ4v) is 3.60. The zero-order valence-corrected chi connectivity index (χ0v) is 17.2. The monoisotopic (exact) mass is 410 g/mol. The molecular weight excluding hydrogens is 388 g/mol. The number of hydrogen-bond donors (Lipinski definition) is 1. The lowest BCUT2D eigenvalue weighted by atomic mass is 10.1. The van der Waals surface area contributed by atoms with Crippen molar-refractivity contribution in [3.05, 3.63) is 113 Å². The van der Waals surface area contributed by atoms with Crippen molar-refractivity contribution in [2.45, 2.75) is 20.0 Å². The van der Waals surface area contributed by atoms with Crippen LogP contribution in [0.25, 0.3) is 10.9 Å². The number of rotatable bonds is 6. The van der Waals surface area contributed by atoms with Crippen molar-refractivity contribution in [2.75, 3.05) is 0 Å². The van der Waals surface area contributed by atoms with E-state index >= 15 is 0 Å². The average Bonchev–Trinajstić information content (AvgIpc) is 2.79. The van der Waals surface area contributed by atoms with Crippen molar-refractivity contribution in [1.29, 1.82) is 0 Å². The van der Waals surface area contributed by atoms with Gasteiger partial charge in [-0.1, -0.05) is 60.7 Å². The van der Waals surface area contributed by atoms with Gasteiger partial charge in [0.15, 0.2) is 0 Å². The normalized spacial score (nSPS) is 10.7. The van der Waals surface area contributed by atoms with Crippen LogP contribution in [0, 0.1) is 6.92 Å². The van der Waals surface area contributed by atoms with Crippen molar-refractivity contribution < 1.29 is 14.7 Å². The number of carboxylic acids is 1. The van der Waals surface area contributed by atoms with Crippen LogP contribution in [0.4, 0.5) is 0 Å². The summed E-state index contributed by atoms with van der Waals surface area (Å²) in [5.41, 5.74) is 4.27. The molecule has 1 aromatic heterocycles. The Balaban J connectivity index is 1.67. The number of carboxylic acid groups (broad SMARTS) is 1. The maximum atomic E-state index is 13.5. The highest BCUT2D eigenvalue weighted by Crippen LogP contribution is 2.20. The number of fused-ring (bicyclic) bond motifs is 1. The van der Waals surface area contributed by atoms with Crippen LogP contribution in [0.3, 0.4) is 0 Å². The Labute approximate surface area is 180 Å². The minimum atomic E-state index is -0.973. The van der Waals surface area contributed by atoms with Gasteiger partial charge in [-0.05, 0) is 47.9 Å². The van der Waals surface area contributed by atoms with E-state index in [9.17, 15) is 9.59 Å². The first-order valence-electron chi connectivity index (χ1n) is 10.0. The van der Waals surface area contributed by atoms with Crippen molar-refractivity contribution in [3.8, 4) is 0 Å². The van der Waals surface area contributed by atoms with E-state index < -0.39 is 5.97 Å². The summed E-state index contributed by atoms with van der Waals surface area (Å²) in [4.78, 5) is 31.0. The molecule has 0 fully saturated rings. The van der Waals surface area contributed by atoms with Gasteiger partial charge < -0.3 is 10.0 Å². The summed E-state index contributed by atoms with van der Waals surface area (Å²) in [7, 11) is 0. The Morgan fingerprint density at radius 2 is 1.45 bits per heavy atom. The molecule has 1 heterocycles. The lowest BCUT2D eigenvalue weighted by molar-refractivity contribution is 0.0693.